The quantitative estimate of drug-likeness (QED) is 0.572. The Morgan fingerprint density at radius 2 is 2.00 bits per heavy atom. The molecule has 6 heteroatoms. The Bertz CT molecular complexity index is 750. The minimum absolute atomic E-state index is 0.181. The highest BCUT2D eigenvalue weighted by molar-refractivity contribution is 8.00. The molecule has 0 bridgehead atoms. The number of hydrogen-bond donors (Lipinski definition) is 0. The summed E-state index contributed by atoms with van der Waals surface area (Å²) in [5.41, 5.74) is 1.01. The second-order valence-electron chi connectivity index (χ2n) is 6.84. The number of thioether (sulfide) groups is 1. The Kier molecular flexibility index (Phi) is 6.14. The summed E-state index contributed by atoms with van der Waals surface area (Å²) in [5.74, 6) is 1.71. The van der Waals surface area contributed by atoms with Crippen LogP contribution in [0.25, 0.3) is 11.4 Å². The van der Waals surface area contributed by atoms with E-state index in [-0.39, 0.29) is 11.2 Å². The summed E-state index contributed by atoms with van der Waals surface area (Å²) in [4.78, 5) is 14.8. The molecule has 0 aliphatic carbocycles. The summed E-state index contributed by atoms with van der Waals surface area (Å²) < 4.78 is 2.02. The van der Waals surface area contributed by atoms with E-state index >= 15 is 0 Å². The Balaban J connectivity index is 1.75. The third-order valence-electron chi connectivity index (χ3n) is 4.79. The molecule has 2 aromatic rings. The number of nitrogens with zero attached hydrogens (tertiary/aromatic N) is 4. The van der Waals surface area contributed by atoms with Gasteiger partial charge in [0.25, 0.3) is 0 Å². The lowest BCUT2D eigenvalue weighted by Gasteiger charge is -2.31. The van der Waals surface area contributed by atoms with Gasteiger partial charge in [-0.25, -0.2) is 0 Å². The smallest absolute Gasteiger partial charge is 0.235 e. The lowest BCUT2D eigenvalue weighted by molar-refractivity contribution is -0.131. The van der Waals surface area contributed by atoms with Crippen molar-refractivity contribution in [1.29, 1.82) is 0 Å². The molecule has 1 aromatic heterocycles. The number of allylic oxidation sites excluding steroid dienone is 1. The van der Waals surface area contributed by atoms with Gasteiger partial charge in [0, 0.05) is 25.2 Å². The van der Waals surface area contributed by atoms with Crippen molar-refractivity contribution in [3.8, 4) is 11.4 Å². The minimum atomic E-state index is -0.181. The topological polar surface area (TPSA) is 51.0 Å². The number of rotatable bonds is 6. The maximum absolute atomic E-state index is 12.8. The van der Waals surface area contributed by atoms with Crippen LogP contribution >= 0.6 is 11.8 Å². The molecule has 0 saturated carbocycles. The van der Waals surface area contributed by atoms with Gasteiger partial charge in [-0.1, -0.05) is 55.1 Å². The molecule has 1 saturated heterocycles. The molecule has 1 unspecified atom stereocenters. The van der Waals surface area contributed by atoms with Gasteiger partial charge in [-0.15, -0.1) is 16.8 Å². The Labute approximate surface area is 159 Å². The van der Waals surface area contributed by atoms with Crippen LogP contribution in [0.5, 0.6) is 0 Å². The Morgan fingerprint density at radius 1 is 1.31 bits per heavy atom. The monoisotopic (exact) mass is 370 g/mol. The molecule has 0 radical (unpaired) electrons. The Morgan fingerprint density at radius 3 is 2.65 bits per heavy atom. The SMILES string of the molecule is C=CCn1c(SC(C)C(=O)N2CCC(C)CC2)nnc1-c1ccccc1. The second kappa shape index (κ2) is 8.54. The van der Waals surface area contributed by atoms with E-state index in [1.54, 1.807) is 0 Å². The molecule has 1 amide bonds. The van der Waals surface area contributed by atoms with Crippen molar-refractivity contribution in [3.63, 3.8) is 0 Å². The third kappa shape index (κ3) is 4.18. The number of aromatic nitrogens is 3. The molecule has 3 rings (SSSR count). The van der Waals surface area contributed by atoms with Crippen LogP contribution < -0.4 is 0 Å². The first-order chi connectivity index (χ1) is 12.6. The average molecular weight is 371 g/mol. The summed E-state index contributed by atoms with van der Waals surface area (Å²) in [6.45, 7) is 10.4. The minimum Gasteiger partial charge on any atom is -0.342 e. The van der Waals surface area contributed by atoms with Gasteiger partial charge in [-0.2, -0.15) is 0 Å². The molecule has 0 spiro atoms. The number of benzene rings is 1. The number of amides is 1. The van der Waals surface area contributed by atoms with Gasteiger partial charge in [-0.3, -0.25) is 9.36 Å². The molecule has 0 N–H and O–H groups in total. The first-order valence-electron chi connectivity index (χ1n) is 9.15. The van der Waals surface area contributed by atoms with E-state index in [1.165, 1.54) is 11.8 Å². The van der Waals surface area contributed by atoms with Crippen molar-refractivity contribution < 1.29 is 4.79 Å². The molecule has 5 nitrogen and oxygen atoms in total. The van der Waals surface area contributed by atoms with Gasteiger partial charge in [0.2, 0.25) is 5.91 Å². The summed E-state index contributed by atoms with van der Waals surface area (Å²) in [5, 5.41) is 9.29. The van der Waals surface area contributed by atoms with Crippen molar-refractivity contribution in [3.05, 3.63) is 43.0 Å². The van der Waals surface area contributed by atoms with Crippen LogP contribution in [0.4, 0.5) is 0 Å². The van der Waals surface area contributed by atoms with Gasteiger partial charge in [0.05, 0.1) is 5.25 Å². The van der Waals surface area contributed by atoms with Crippen molar-refractivity contribution in [2.24, 2.45) is 5.92 Å². The van der Waals surface area contributed by atoms with Crippen molar-refractivity contribution in [2.75, 3.05) is 13.1 Å². The zero-order chi connectivity index (χ0) is 18.5. The predicted octanol–water partition coefficient (Wildman–Crippen LogP) is 3.87. The van der Waals surface area contributed by atoms with Crippen LogP contribution in [0.1, 0.15) is 26.7 Å². The van der Waals surface area contributed by atoms with Gasteiger partial charge in [0.1, 0.15) is 0 Å². The summed E-state index contributed by atoms with van der Waals surface area (Å²) >= 11 is 1.48. The number of carbonyl (C=O) groups excluding carboxylic acids is 1. The predicted molar refractivity (Wildman–Crippen MR) is 106 cm³/mol. The first kappa shape index (κ1) is 18.7. The van der Waals surface area contributed by atoms with E-state index in [2.05, 4.69) is 23.7 Å². The molecule has 138 valence electrons. The molecule has 1 aromatic carbocycles. The number of piperidine rings is 1. The average Bonchev–Trinajstić information content (AvgIpc) is 3.05. The molecule has 2 heterocycles. The number of hydrogen-bond acceptors (Lipinski definition) is 4. The molecule has 26 heavy (non-hydrogen) atoms. The van der Waals surface area contributed by atoms with Crippen LogP contribution in [-0.2, 0) is 11.3 Å². The Hall–Kier alpha value is -2.08. The standard InChI is InChI=1S/C20H26N4OS/c1-4-12-24-18(17-8-6-5-7-9-17)21-22-20(24)26-16(3)19(25)23-13-10-15(2)11-14-23/h4-9,15-16H,1,10-14H2,2-3H3. The normalized spacial score (nSPS) is 16.5. The van der Waals surface area contributed by atoms with E-state index in [1.807, 2.05) is 52.8 Å². The van der Waals surface area contributed by atoms with Crippen LogP contribution in [-0.4, -0.2) is 43.9 Å². The zero-order valence-electron chi connectivity index (χ0n) is 15.5. The second-order valence-corrected chi connectivity index (χ2v) is 8.15. The van der Waals surface area contributed by atoms with Crippen molar-refractivity contribution in [1.82, 2.24) is 19.7 Å². The fourth-order valence-corrected chi connectivity index (χ4v) is 4.11. The maximum atomic E-state index is 12.8. The largest absolute Gasteiger partial charge is 0.342 e. The van der Waals surface area contributed by atoms with Crippen LogP contribution in [0, 0.1) is 5.92 Å². The highest BCUT2D eigenvalue weighted by Gasteiger charge is 2.27. The van der Waals surface area contributed by atoms with Crippen molar-refractivity contribution in [2.45, 2.75) is 43.6 Å². The molecular formula is C20H26N4OS. The van der Waals surface area contributed by atoms with E-state index in [0.717, 1.165) is 42.5 Å². The highest BCUT2D eigenvalue weighted by atomic mass is 32.2. The van der Waals surface area contributed by atoms with Crippen LogP contribution in [0.3, 0.4) is 0 Å². The fraction of sp³-hybridized carbons (Fsp3) is 0.450. The van der Waals surface area contributed by atoms with Gasteiger partial charge in [-0.05, 0) is 25.7 Å². The third-order valence-corrected chi connectivity index (χ3v) is 5.85. The lowest BCUT2D eigenvalue weighted by Crippen LogP contribution is -2.41. The maximum Gasteiger partial charge on any atom is 0.235 e. The summed E-state index contributed by atoms with van der Waals surface area (Å²) in [7, 11) is 0. The molecule has 1 atom stereocenters. The van der Waals surface area contributed by atoms with E-state index in [4.69, 9.17) is 0 Å². The fourth-order valence-electron chi connectivity index (χ4n) is 3.16. The zero-order valence-corrected chi connectivity index (χ0v) is 16.3. The van der Waals surface area contributed by atoms with Gasteiger partial charge < -0.3 is 4.90 Å². The molecule has 1 fully saturated rings. The summed E-state index contributed by atoms with van der Waals surface area (Å²) in [6, 6.07) is 9.98. The van der Waals surface area contributed by atoms with E-state index < -0.39 is 0 Å². The molecular weight excluding hydrogens is 344 g/mol. The molecule has 1 aliphatic heterocycles. The lowest BCUT2D eigenvalue weighted by atomic mass is 9.99. The number of likely N-dealkylation sites (tertiary alicyclic amines) is 1. The molecule has 1 aliphatic rings. The van der Waals surface area contributed by atoms with E-state index in [9.17, 15) is 4.79 Å². The highest BCUT2D eigenvalue weighted by Crippen LogP contribution is 2.28. The van der Waals surface area contributed by atoms with Crippen molar-refractivity contribution >= 4 is 17.7 Å². The first-order valence-corrected chi connectivity index (χ1v) is 10.0. The van der Waals surface area contributed by atoms with Gasteiger partial charge in [0.15, 0.2) is 11.0 Å². The van der Waals surface area contributed by atoms with Crippen LogP contribution in [0.2, 0.25) is 0 Å². The van der Waals surface area contributed by atoms with Gasteiger partial charge >= 0.3 is 0 Å². The summed E-state index contributed by atoms with van der Waals surface area (Å²) in [6.07, 6.45) is 4.01. The van der Waals surface area contributed by atoms with Crippen LogP contribution in [0.15, 0.2) is 48.1 Å². The van der Waals surface area contributed by atoms with E-state index in [0.29, 0.717) is 12.5 Å². The number of carbonyl (C=O) groups is 1.